The maximum absolute atomic E-state index is 5.66. The van der Waals surface area contributed by atoms with Gasteiger partial charge in [-0.2, -0.15) is 0 Å². The zero-order valence-electron chi connectivity index (χ0n) is 19.6. The summed E-state index contributed by atoms with van der Waals surface area (Å²) in [5, 5.41) is 7.11. The Hall–Kier alpha value is -2.80. The molecule has 0 amide bonds. The fraction of sp³-hybridized carbons (Fsp3) is 0.520. The number of hydrogen-bond donors (Lipinski definition) is 2. The van der Waals surface area contributed by atoms with Crippen molar-refractivity contribution < 1.29 is 4.74 Å². The molecule has 2 fully saturated rings. The van der Waals surface area contributed by atoms with Crippen LogP contribution >= 0.6 is 0 Å². The number of rotatable bonds is 5. The van der Waals surface area contributed by atoms with Crippen molar-refractivity contribution in [2.45, 2.75) is 45.4 Å². The standard InChI is InChI=1S/C25H36N6O/c1-19-6-8-23(9-7-19)30-12-4-5-22(18-30)29-25(26-3)28-16-21-10-11-27-24(15-21)31-13-14-32-20(2)17-31/h6-11,15,20,22H,4-5,12-14,16-18H2,1-3H3,(H2,26,28,29). The SMILES string of the molecule is CN=C(NCc1ccnc(N2CCOC(C)C2)c1)NC1CCCN(c2ccc(C)cc2)C1. The first kappa shape index (κ1) is 22.4. The molecule has 0 bridgehead atoms. The largest absolute Gasteiger partial charge is 0.375 e. The molecule has 2 aliphatic rings. The van der Waals surface area contributed by atoms with Crippen LogP contribution in [-0.4, -0.2) is 62.9 Å². The number of guanidine groups is 1. The molecule has 0 radical (unpaired) electrons. The van der Waals surface area contributed by atoms with Gasteiger partial charge in [0.1, 0.15) is 5.82 Å². The lowest BCUT2D eigenvalue weighted by Gasteiger charge is -2.35. The molecule has 0 spiro atoms. The molecule has 2 aliphatic heterocycles. The molecule has 3 heterocycles. The number of aromatic nitrogens is 1. The fourth-order valence-electron chi connectivity index (χ4n) is 4.43. The van der Waals surface area contributed by atoms with Gasteiger partial charge in [-0.05, 0) is 56.5 Å². The molecule has 2 saturated heterocycles. The van der Waals surface area contributed by atoms with E-state index in [0.29, 0.717) is 12.6 Å². The predicted octanol–water partition coefficient (Wildman–Crippen LogP) is 2.95. The lowest BCUT2D eigenvalue weighted by atomic mass is 10.0. The van der Waals surface area contributed by atoms with Crippen molar-refractivity contribution in [1.29, 1.82) is 0 Å². The Bertz CT molecular complexity index is 900. The minimum Gasteiger partial charge on any atom is -0.375 e. The molecule has 7 heteroatoms. The summed E-state index contributed by atoms with van der Waals surface area (Å²) in [4.78, 5) is 13.8. The lowest BCUT2D eigenvalue weighted by Crippen LogP contribution is -2.51. The van der Waals surface area contributed by atoms with Crippen molar-refractivity contribution in [3.05, 3.63) is 53.7 Å². The minimum atomic E-state index is 0.241. The molecule has 0 aliphatic carbocycles. The van der Waals surface area contributed by atoms with Crippen molar-refractivity contribution in [3.63, 3.8) is 0 Å². The van der Waals surface area contributed by atoms with E-state index in [1.54, 1.807) is 0 Å². The van der Waals surface area contributed by atoms with E-state index < -0.39 is 0 Å². The second-order valence-corrected chi connectivity index (χ2v) is 8.84. The first-order valence-corrected chi connectivity index (χ1v) is 11.7. The second kappa shape index (κ2) is 10.7. The maximum atomic E-state index is 5.66. The summed E-state index contributed by atoms with van der Waals surface area (Å²) in [6.45, 7) is 9.56. The molecular weight excluding hydrogens is 400 g/mol. The number of aryl methyl sites for hydroxylation is 1. The predicted molar refractivity (Wildman–Crippen MR) is 132 cm³/mol. The highest BCUT2D eigenvalue weighted by molar-refractivity contribution is 5.80. The van der Waals surface area contributed by atoms with Gasteiger partial charge in [0, 0.05) is 57.7 Å². The van der Waals surface area contributed by atoms with E-state index in [-0.39, 0.29) is 6.10 Å². The van der Waals surface area contributed by atoms with Crippen LogP contribution < -0.4 is 20.4 Å². The van der Waals surface area contributed by atoms with Gasteiger partial charge in [-0.1, -0.05) is 17.7 Å². The molecule has 32 heavy (non-hydrogen) atoms. The average molecular weight is 437 g/mol. The van der Waals surface area contributed by atoms with Gasteiger partial charge in [0.2, 0.25) is 0 Å². The van der Waals surface area contributed by atoms with Gasteiger partial charge in [0.25, 0.3) is 0 Å². The van der Waals surface area contributed by atoms with Crippen LogP contribution in [0.3, 0.4) is 0 Å². The summed E-state index contributed by atoms with van der Waals surface area (Å²) >= 11 is 0. The van der Waals surface area contributed by atoms with E-state index in [9.17, 15) is 0 Å². The zero-order valence-corrected chi connectivity index (χ0v) is 19.6. The van der Waals surface area contributed by atoms with Gasteiger partial charge < -0.3 is 25.2 Å². The molecule has 1 aromatic heterocycles. The summed E-state index contributed by atoms with van der Waals surface area (Å²) in [5.74, 6) is 1.86. The van der Waals surface area contributed by atoms with Crippen LogP contribution in [0.5, 0.6) is 0 Å². The van der Waals surface area contributed by atoms with E-state index >= 15 is 0 Å². The number of benzene rings is 1. The number of pyridine rings is 1. The Morgan fingerprint density at radius 3 is 2.78 bits per heavy atom. The number of hydrogen-bond acceptors (Lipinski definition) is 5. The van der Waals surface area contributed by atoms with Crippen LogP contribution in [0.25, 0.3) is 0 Å². The molecule has 0 saturated carbocycles. The molecule has 2 aromatic rings. The van der Waals surface area contributed by atoms with Gasteiger partial charge in [-0.25, -0.2) is 4.98 Å². The number of nitrogens with one attached hydrogen (secondary N) is 2. The summed E-state index contributed by atoms with van der Waals surface area (Å²) < 4.78 is 5.66. The molecule has 1 aromatic carbocycles. The number of nitrogens with zero attached hydrogens (tertiary/aromatic N) is 4. The number of anilines is 2. The Balaban J connectivity index is 1.31. The number of aliphatic imine (C=N–C) groups is 1. The molecular formula is C25H36N6O. The Labute approximate surface area is 191 Å². The van der Waals surface area contributed by atoms with Crippen LogP contribution in [0, 0.1) is 6.92 Å². The van der Waals surface area contributed by atoms with E-state index in [0.717, 1.165) is 51.0 Å². The molecule has 2 atom stereocenters. The van der Waals surface area contributed by atoms with E-state index in [4.69, 9.17) is 4.74 Å². The molecule has 7 nitrogen and oxygen atoms in total. The maximum Gasteiger partial charge on any atom is 0.191 e. The van der Waals surface area contributed by atoms with E-state index in [2.05, 4.69) is 80.7 Å². The van der Waals surface area contributed by atoms with Crippen LogP contribution in [0.2, 0.25) is 0 Å². The molecule has 2 unspecified atom stereocenters. The monoisotopic (exact) mass is 436 g/mol. The Kier molecular flexibility index (Phi) is 7.47. The number of morpholine rings is 1. The van der Waals surface area contributed by atoms with Crippen molar-refractivity contribution in [2.75, 3.05) is 49.6 Å². The lowest BCUT2D eigenvalue weighted by molar-refractivity contribution is 0.0529. The van der Waals surface area contributed by atoms with E-state index in [1.807, 2.05) is 13.2 Å². The van der Waals surface area contributed by atoms with Crippen LogP contribution in [0.15, 0.2) is 47.6 Å². The third-order valence-corrected chi connectivity index (χ3v) is 6.22. The molecule has 2 N–H and O–H groups in total. The van der Waals surface area contributed by atoms with Crippen LogP contribution in [0.1, 0.15) is 30.9 Å². The van der Waals surface area contributed by atoms with Gasteiger partial charge in [0.05, 0.1) is 12.7 Å². The quantitative estimate of drug-likeness (QED) is 0.555. The van der Waals surface area contributed by atoms with Crippen molar-refractivity contribution in [2.24, 2.45) is 4.99 Å². The first-order valence-electron chi connectivity index (χ1n) is 11.7. The Morgan fingerprint density at radius 1 is 1.16 bits per heavy atom. The topological polar surface area (TPSA) is 65.0 Å². The average Bonchev–Trinajstić information content (AvgIpc) is 2.82. The highest BCUT2D eigenvalue weighted by Crippen LogP contribution is 2.20. The van der Waals surface area contributed by atoms with Crippen LogP contribution in [-0.2, 0) is 11.3 Å². The van der Waals surface area contributed by atoms with Gasteiger partial charge in [-0.15, -0.1) is 0 Å². The van der Waals surface area contributed by atoms with Crippen LogP contribution in [0.4, 0.5) is 11.5 Å². The van der Waals surface area contributed by atoms with Gasteiger partial charge in [-0.3, -0.25) is 4.99 Å². The highest BCUT2D eigenvalue weighted by atomic mass is 16.5. The van der Waals surface area contributed by atoms with E-state index in [1.165, 1.54) is 23.2 Å². The summed E-state index contributed by atoms with van der Waals surface area (Å²) in [5.41, 5.74) is 3.79. The number of piperidine rings is 1. The highest BCUT2D eigenvalue weighted by Gasteiger charge is 2.21. The Morgan fingerprint density at radius 2 is 2.00 bits per heavy atom. The smallest absolute Gasteiger partial charge is 0.191 e. The first-order chi connectivity index (χ1) is 15.6. The molecule has 172 valence electrons. The third kappa shape index (κ3) is 5.91. The van der Waals surface area contributed by atoms with Gasteiger partial charge in [0.15, 0.2) is 5.96 Å². The number of ether oxygens (including phenoxy) is 1. The van der Waals surface area contributed by atoms with Crippen molar-refractivity contribution in [1.82, 2.24) is 15.6 Å². The fourth-order valence-corrected chi connectivity index (χ4v) is 4.43. The second-order valence-electron chi connectivity index (χ2n) is 8.84. The summed E-state index contributed by atoms with van der Waals surface area (Å²) in [7, 11) is 1.84. The van der Waals surface area contributed by atoms with Crippen molar-refractivity contribution >= 4 is 17.5 Å². The zero-order chi connectivity index (χ0) is 22.3. The van der Waals surface area contributed by atoms with Gasteiger partial charge >= 0.3 is 0 Å². The summed E-state index contributed by atoms with van der Waals surface area (Å²) in [6, 6.07) is 13.4. The van der Waals surface area contributed by atoms with Crippen molar-refractivity contribution in [3.8, 4) is 0 Å². The molecule has 4 rings (SSSR count). The normalized spacial score (nSPS) is 22.0. The summed E-state index contributed by atoms with van der Waals surface area (Å²) in [6.07, 6.45) is 4.46. The third-order valence-electron chi connectivity index (χ3n) is 6.22. The minimum absolute atomic E-state index is 0.241.